The molecule has 4 rings (SSSR count). The van der Waals surface area contributed by atoms with Crippen LogP contribution in [0.25, 0.3) is 0 Å². The highest BCUT2D eigenvalue weighted by Gasteiger charge is 2.33. The van der Waals surface area contributed by atoms with E-state index in [1.165, 1.54) is 24.3 Å². The molecular weight excluding hydrogens is 510 g/mol. The lowest BCUT2D eigenvalue weighted by molar-refractivity contribution is 0.183. The van der Waals surface area contributed by atoms with Gasteiger partial charge >= 0.3 is 0 Å². The molecule has 2 atom stereocenters. The van der Waals surface area contributed by atoms with E-state index in [-0.39, 0.29) is 23.9 Å². The molecule has 1 aliphatic heterocycles. The number of sulfonamides is 1. The molecule has 0 radical (unpaired) electrons. The van der Waals surface area contributed by atoms with Crippen molar-refractivity contribution in [1.29, 1.82) is 0 Å². The number of alkyl halides is 1. The van der Waals surface area contributed by atoms with E-state index in [1.54, 1.807) is 5.01 Å². The maximum atomic E-state index is 13.1. The Labute approximate surface area is 214 Å². The molecule has 2 N–H and O–H groups in total. The minimum atomic E-state index is -3.80. The minimum Gasteiger partial charge on any atom is -0.292 e. The fourth-order valence-electron chi connectivity index (χ4n) is 3.94. The second kappa shape index (κ2) is 11.5. The molecule has 184 valence electrons. The van der Waals surface area contributed by atoms with E-state index >= 15 is 0 Å². The van der Waals surface area contributed by atoms with Gasteiger partial charge in [-0.15, -0.1) is 0 Å². The zero-order valence-corrected chi connectivity index (χ0v) is 21.1. The molecule has 0 bridgehead atoms. The Morgan fingerprint density at radius 1 is 0.971 bits per heavy atom. The van der Waals surface area contributed by atoms with Gasteiger partial charge in [0.1, 0.15) is 12.8 Å². The van der Waals surface area contributed by atoms with E-state index in [1.807, 2.05) is 54.6 Å². The van der Waals surface area contributed by atoms with E-state index < -0.39 is 22.9 Å². The number of nitrogens with one attached hydrogen (secondary N) is 2. The van der Waals surface area contributed by atoms with Crippen molar-refractivity contribution in [2.24, 2.45) is 5.10 Å². The van der Waals surface area contributed by atoms with Gasteiger partial charge in [0, 0.05) is 29.1 Å². The van der Waals surface area contributed by atoms with Crippen molar-refractivity contribution < 1.29 is 12.8 Å². The SMILES string of the molecule is O=S(=O)(NCC(NCCF)N1CC(c2ccccc2)C(c2ccc(Cl)cc2)=N1)c1ccc(Cl)cc1. The Hall–Kier alpha value is -2.49. The van der Waals surface area contributed by atoms with Crippen LogP contribution in [-0.2, 0) is 10.0 Å². The third-order valence-electron chi connectivity index (χ3n) is 5.70. The van der Waals surface area contributed by atoms with Crippen LogP contribution in [0, 0.1) is 0 Å². The number of benzene rings is 3. The minimum absolute atomic E-state index is 0.0101. The predicted octanol–water partition coefficient (Wildman–Crippen LogP) is 4.66. The predicted molar refractivity (Wildman–Crippen MR) is 138 cm³/mol. The standard InChI is InChI=1S/C25H25Cl2FN4O2S/c26-20-8-6-19(7-9-20)25-23(18-4-2-1-3-5-18)17-32(31-25)24(29-15-14-28)16-30-35(33,34)22-12-10-21(27)11-13-22/h1-13,23-24,29-30H,14-17H2. The molecule has 10 heteroatoms. The molecule has 0 fully saturated rings. The Bertz CT molecular complexity index is 1260. The fraction of sp³-hybridized carbons (Fsp3) is 0.240. The van der Waals surface area contributed by atoms with Crippen molar-refractivity contribution in [3.05, 3.63) is 100 Å². The third kappa shape index (κ3) is 6.39. The van der Waals surface area contributed by atoms with Gasteiger partial charge < -0.3 is 0 Å². The van der Waals surface area contributed by atoms with Crippen LogP contribution in [-0.4, -0.2) is 51.6 Å². The molecule has 0 aromatic heterocycles. The van der Waals surface area contributed by atoms with Crippen molar-refractivity contribution in [2.45, 2.75) is 17.0 Å². The molecule has 3 aromatic rings. The number of hydrogen-bond donors (Lipinski definition) is 2. The monoisotopic (exact) mass is 534 g/mol. The van der Waals surface area contributed by atoms with Crippen LogP contribution in [0.3, 0.4) is 0 Å². The van der Waals surface area contributed by atoms with E-state index in [4.69, 9.17) is 28.3 Å². The molecule has 1 heterocycles. The van der Waals surface area contributed by atoms with Crippen LogP contribution in [0.1, 0.15) is 17.0 Å². The van der Waals surface area contributed by atoms with Gasteiger partial charge in [0.25, 0.3) is 0 Å². The Kier molecular flexibility index (Phi) is 8.41. The smallest absolute Gasteiger partial charge is 0.240 e. The van der Waals surface area contributed by atoms with Crippen LogP contribution in [0.4, 0.5) is 4.39 Å². The molecule has 0 spiro atoms. The van der Waals surface area contributed by atoms with Crippen LogP contribution >= 0.6 is 23.2 Å². The van der Waals surface area contributed by atoms with Gasteiger partial charge in [-0.2, -0.15) is 5.10 Å². The summed E-state index contributed by atoms with van der Waals surface area (Å²) in [6.07, 6.45) is -0.566. The second-order valence-electron chi connectivity index (χ2n) is 8.04. The maximum Gasteiger partial charge on any atom is 0.240 e. The van der Waals surface area contributed by atoms with Crippen LogP contribution < -0.4 is 10.0 Å². The number of hydrazone groups is 1. The van der Waals surface area contributed by atoms with Crippen LogP contribution in [0.5, 0.6) is 0 Å². The van der Waals surface area contributed by atoms with E-state index in [0.717, 1.165) is 16.8 Å². The van der Waals surface area contributed by atoms with Gasteiger partial charge in [0.2, 0.25) is 10.0 Å². The van der Waals surface area contributed by atoms with Crippen molar-refractivity contribution in [3.63, 3.8) is 0 Å². The molecule has 0 saturated carbocycles. The molecular formula is C25H25Cl2FN4O2S. The highest BCUT2D eigenvalue weighted by molar-refractivity contribution is 7.89. The summed E-state index contributed by atoms with van der Waals surface area (Å²) in [6, 6.07) is 23.3. The number of halogens is 3. The summed E-state index contributed by atoms with van der Waals surface area (Å²) in [6.45, 7) is -0.0474. The van der Waals surface area contributed by atoms with Crippen molar-refractivity contribution in [1.82, 2.24) is 15.0 Å². The Morgan fingerprint density at radius 2 is 1.60 bits per heavy atom. The summed E-state index contributed by atoms with van der Waals surface area (Å²) in [5.41, 5.74) is 2.83. The van der Waals surface area contributed by atoms with Crippen molar-refractivity contribution >= 4 is 38.9 Å². The zero-order chi connectivity index (χ0) is 24.8. The highest BCUT2D eigenvalue weighted by Crippen LogP contribution is 2.30. The lowest BCUT2D eigenvalue weighted by atomic mass is 9.90. The van der Waals surface area contributed by atoms with Gasteiger partial charge in [-0.3, -0.25) is 10.3 Å². The van der Waals surface area contributed by atoms with Crippen molar-refractivity contribution in [3.8, 4) is 0 Å². The highest BCUT2D eigenvalue weighted by atomic mass is 35.5. The number of nitrogens with zero attached hydrogens (tertiary/aromatic N) is 2. The topological polar surface area (TPSA) is 73.8 Å². The average molecular weight is 535 g/mol. The summed E-state index contributed by atoms with van der Waals surface area (Å²) in [5, 5.41) is 10.8. The molecule has 2 unspecified atom stereocenters. The third-order valence-corrected chi connectivity index (χ3v) is 7.65. The number of rotatable bonds is 10. The van der Waals surface area contributed by atoms with Gasteiger partial charge in [-0.05, 0) is 47.5 Å². The maximum absolute atomic E-state index is 13.1. The first kappa shape index (κ1) is 25.6. The first-order valence-corrected chi connectivity index (χ1v) is 13.3. The number of hydrogen-bond acceptors (Lipinski definition) is 5. The first-order chi connectivity index (χ1) is 16.9. The molecule has 6 nitrogen and oxygen atoms in total. The fourth-order valence-corrected chi connectivity index (χ4v) is 5.23. The molecule has 0 amide bonds. The summed E-state index contributed by atoms with van der Waals surface area (Å²) in [5.74, 6) is -0.0556. The van der Waals surface area contributed by atoms with Gasteiger partial charge in [0.05, 0.1) is 17.2 Å². The van der Waals surface area contributed by atoms with Crippen LogP contribution in [0.15, 0.2) is 88.9 Å². The lowest BCUT2D eigenvalue weighted by Gasteiger charge is -2.28. The normalized spacial score (nSPS) is 16.8. The largest absolute Gasteiger partial charge is 0.292 e. The van der Waals surface area contributed by atoms with Crippen LogP contribution in [0.2, 0.25) is 10.0 Å². The first-order valence-electron chi connectivity index (χ1n) is 11.1. The summed E-state index contributed by atoms with van der Waals surface area (Å²) >= 11 is 12.0. The Balaban J connectivity index is 1.60. The van der Waals surface area contributed by atoms with Gasteiger partial charge in [0.15, 0.2) is 0 Å². The summed E-state index contributed by atoms with van der Waals surface area (Å²) in [4.78, 5) is 0.0973. The molecule has 1 aliphatic rings. The second-order valence-corrected chi connectivity index (χ2v) is 10.7. The molecule has 0 aliphatic carbocycles. The van der Waals surface area contributed by atoms with E-state index in [0.29, 0.717) is 16.6 Å². The average Bonchev–Trinajstić information content (AvgIpc) is 3.30. The van der Waals surface area contributed by atoms with E-state index in [9.17, 15) is 12.8 Å². The quantitative estimate of drug-likeness (QED) is 0.396. The van der Waals surface area contributed by atoms with E-state index in [2.05, 4.69) is 10.0 Å². The van der Waals surface area contributed by atoms with Gasteiger partial charge in [-0.25, -0.2) is 17.5 Å². The zero-order valence-electron chi connectivity index (χ0n) is 18.7. The van der Waals surface area contributed by atoms with Crippen molar-refractivity contribution in [2.75, 3.05) is 26.3 Å². The summed E-state index contributed by atoms with van der Waals surface area (Å²) < 4.78 is 41.3. The molecule has 0 saturated heterocycles. The Morgan fingerprint density at radius 3 is 2.23 bits per heavy atom. The molecule has 35 heavy (non-hydrogen) atoms. The van der Waals surface area contributed by atoms with Gasteiger partial charge in [-0.1, -0.05) is 65.7 Å². The molecule has 3 aromatic carbocycles. The lowest BCUT2D eigenvalue weighted by Crippen LogP contribution is -2.50. The summed E-state index contributed by atoms with van der Waals surface area (Å²) in [7, 11) is -3.80.